The van der Waals surface area contributed by atoms with Crippen LogP contribution in [-0.2, 0) is 33.1 Å². The van der Waals surface area contributed by atoms with E-state index in [0.717, 1.165) is 71.2 Å². The Bertz CT molecular complexity index is 2500. The number of aromatic amines is 1. The van der Waals surface area contributed by atoms with Gasteiger partial charge in [0.25, 0.3) is 0 Å². The van der Waals surface area contributed by atoms with Gasteiger partial charge >= 0.3 is 6.18 Å². The molecule has 3 atom stereocenters. The van der Waals surface area contributed by atoms with Gasteiger partial charge in [-0.05, 0) is 86.5 Å². The average molecular weight is 795 g/mol. The molecule has 6 aliphatic rings. The molecule has 0 bridgehead atoms. The molecule has 4 heterocycles. The fraction of sp³-hybridized carbons (Fsp3) is 0.467. The quantitative estimate of drug-likeness (QED) is 0.180. The van der Waals surface area contributed by atoms with Crippen molar-refractivity contribution in [1.29, 1.82) is 0 Å². The van der Waals surface area contributed by atoms with E-state index >= 15 is 0 Å². The molecule has 0 amide bonds. The summed E-state index contributed by atoms with van der Waals surface area (Å²) in [5.74, 6) is 1.73. The third-order valence-electron chi connectivity index (χ3n) is 13.6. The first-order valence-corrected chi connectivity index (χ1v) is 20.5. The van der Waals surface area contributed by atoms with Crippen LogP contribution < -0.4 is 10.6 Å². The highest BCUT2D eigenvalue weighted by atomic mass is 35.5. The lowest BCUT2D eigenvalue weighted by Gasteiger charge is -2.45. The zero-order valence-corrected chi connectivity index (χ0v) is 33.6. The number of hydrogen-bond acceptors (Lipinski definition) is 6. The highest BCUT2D eigenvalue weighted by Crippen LogP contribution is 2.60. The van der Waals surface area contributed by atoms with Crippen molar-refractivity contribution in [3.05, 3.63) is 115 Å². The summed E-state index contributed by atoms with van der Waals surface area (Å²) in [6.07, 6.45) is 1.02. The summed E-state index contributed by atoms with van der Waals surface area (Å²) in [6.45, 7) is 10.6. The molecule has 2 unspecified atom stereocenters. The van der Waals surface area contributed by atoms with Crippen LogP contribution in [0.15, 0.2) is 71.1 Å². The normalized spacial score (nSPS) is 28.0. The van der Waals surface area contributed by atoms with Crippen LogP contribution >= 0.6 is 11.6 Å². The summed E-state index contributed by atoms with van der Waals surface area (Å²) in [5.41, 5.74) is 4.09. The van der Waals surface area contributed by atoms with Crippen molar-refractivity contribution < 1.29 is 22.8 Å². The Morgan fingerprint density at radius 2 is 1.46 bits per heavy atom. The SMILES string of the molecule is CC1(C)CC(=O)C2=C(C1)Nc1nn(CC3(C)CC(=O)C4=C(C3)Nc3n[nH]c(C5CC5)c3C4(C)c3ccccc3Cl)c(C3CC3)c1[C@]2(C)c1cccc(C(F)(F)F)c1. The third kappa shape index (κ3) is 5.53. The van der Waals surface area contributed by atoms with Crippen molar-refractivity contribution in [3.8, 4) is 0 Å². The van der Waals surface area contributed by atoms with E-state index < -0.39 is 28.0 Å². The number of benzene rings is 2. The van der Waals surface area contributed by atoms with Crippen LogP contribution in [0.25, 0.3) is 0 Å². The van der Waals surface area contributed by atoms with Gasteiger partial charge in [0.1, 0.15) is 0 Å². The average Bonchev–Trinajstić information content (AvgIpc) is 4.06. The Kier molecular flexibility index (Phi) is 7.70. The van der Waals surface area contributed by atoms with E-state index in [1.165, 1.54) is 12.1 Å². The van der Waals surface area contributed by atoms with Gasteiger partial charge in [-0.25, -0.2) is 0 Å². The molecule has 8 nitrogen and oxygen atoms in total. The van der Waals surface area contributed by atoms with Crippen molar-refractivity contribution in [1.82, 2.24) is 20.0 Å². The van der Waals surface area contributed by atoms with Gasteiger partial charge < -0.3 is 10.6 Å². The van der Waals surface area contributed by atoms with Crippen LogP contribution in [0, 0.1) is 10.8 Å². The molecular formula is C45H46ClF3N6O2. The lowest BCUT2D eigenvalue weighted by molar-refractivity contribution is -0.137. The maximum Gasteiger partial charge on any atom is 0.416 e. The standard InChI is InChI=1S/C45H46ClF3N6O2/c1-41(2)18-29-33(31(56)20-41)43(4,25-9-8-10-26(17-25)45(47,48)49)36-38(24-15-16-24)55(54-40(36)51-29)22-42(3)19-30-34(32(57)21-42)44(5,27-11-6-7-12-28(27)46)35-37(23-13-14-23)52-53-39(35)50-30/h6-12,17,23-24H,13-16,18-22H2,1-5H3,(H,51,54)(H2,50,52,53)/t42?,43-,44?/m1/s1. The number of H-pyrrole nitrogens is 1. The molecule has 2 aromatic carbocycles. The summed E-state index contributed by atoms with van der Waals surface area (Å²) in [4.78, 5) is 29.2. The molecule has 4 aromatic rings. The van der Waals surface area contributed by atoms with Gasteiger partial charge in [0.05, 0.1) is 16.4 Å². The Morgan fingerprint density at radius 1 is 0.789 bits per heavy atom. The second kappa shape index (κ2) is 12.0. The summed E-state index contributed by atoms with van der Waals surface area (Å²) in [6, 6.07) is 13.2. The van der Waals surface area contributed by atoms with E-state index in [0.29, 0.717) is 65.1 Å². The molecule has 12 heteroatoms. The number of carbonyl (C=O) groups excluding carboxylic acids is 2. The highest BCUT2D eigenvalue weighted by Gasteiger charge is 2.55. The maximum atomic E-state index is 14.9. The lowest BCUT2D eigenvalue weighted by Crippen LogP contribution is -2.44. The fourth-order valence-electron chi connectivity index (χ4n) is 10.9. The summed E-state index contributed by atoms with van der Waals surface area (Å²) >= 11 is 6.96. The van der Waals surface area contributed by atoms with Crippen LogP contribution in [0.3, 0.4) is 0 Å². The fourth-order valence-corrected chi connectivity index (χ4v) is 11.2. The van der Waals surface area contributed by atoms with E-state index in [2.05, 4.69) is 29.6 Å². The van der Waals surface area contributed by atoms with Crippen LogP contribution in [0.5, 0.6) is 0 Å². The summed E-state index contributed by atoms with van der Waals surface area (Å²) in [7, 11) is 0. The van der Waals surface area contributed by atoms with Gasteiger partial charge in [-0.2, -0.15) is 23.4 Å². The second-order valence-corrected chi connectivity index (χ2v) is 19.4. The molecule has 296 valence electrons. The van der Waals surface area contributed by atoms with Crippen LogP contribution in [0.4, 0.5) is 24.8 Å². The first-order chi connectivity index (χ1) is 26.9. The number of allylic oxidation sites excluding steroid dienone is 4. The summed E-state index contributed by atoms with van der Waals surface area (Å²) in [5, 5.41) is 21.1. The molecule has 0 spiro atoms. The van der Waals surface area contributed by atoms with Crippen LogP contribution in [0.1, 0.15) is 137 Å². The number of carbonyl (C=O) groups is 2. The number of nitrogens with one attached hydrogen (secondary N) is 3. The molecule has 2 aliphatic heterocycles. The molecule has 2 fully saturated rings. The van der Waals surface area contributed by atoms with E-state index in [9.17, 15) is 22.8 Å². The molecule has 0 radical (unpaired) electrons. The topological polar surface area (TPSA) is 105 Å². The Balaban J connectivity index is 1.10. The number of halogens is 4. The molecular weight excluding hydrogens is 749 g/mol. The van der Waals surface area contributed by atoms with E-state index in [1.807, 2.05) is 49.7 Å². The van der Waals surface area contributed by atoms with Gasteiger partial charge in [0, 0.05) is 81.3 Å². The number of ketones is 2. The largest absolute Gasteiger partial charge is 0.416 e. The number of Topliss-reactive ketones (excluding diaryl/α,β-unsaturated/α-hetero) is 2. The number of fused-ring (bicyclic) bond motifs is 2. The predicted molar refractivity (Wildman–Crippen MR) is 212 cm³/mol. The minimum Gasteiger partial charge on any atom is -0.342 e. The van der Waals surface area contributed by atoms with E-state index in [4.69, 9.17) is 21.8 Å². The van der Waals surface area contributed by atoms with Crippen molar-refractivity contribution >= 4 is 34.8 Å². The molecule has 4 aliphatic carbocycles. The minimum atomic E-state index is -4.55. The van der Waals surface area contributed by atoms with Gasteiger partial charge in [-0.15, -0.1) is 0 Å². The Hall–Kier alpha value is -4.64. The van der Waals surface area contributed by atoms with Crippen LogP contribution in [0.2, 0.25) is 5.02 Å². The molecule has 2 saturated carbocycles. The maximum absolute atomic E-state index is 14.9. The van der Waals surface area contributed by atoms with Crippen molar-refractivity contribution in [3.63, 3.8) is 0 Å². The number of hydrogen-bond donors (Lipinski definition) is 3. The molecule has 57 heavy (non-hydrogen) atoms. The number of nitrogens with zero attached hydrogens (tertiary/aromatic N) is 3. The zero-order valence-electron chi connectivity index (χ0n) is 32.8. The third-order valence-corrected chi connectivity index (χ3v) is 14.0. The lowest BCUT2D eigenvalue weighted by atomic mass is 9.61. The zero-order chi connectivity index (χ0) is 40.0. The number of rotatable bonds is 6. The van der Waals surface area contributed by atoms with E-state index in [1.54, 1.807) is 6.07 Å². The highest BCUT2D eigenvalue weighted by molar-refractivity contribution is 6.31. The predicted octanol–water partition coefficient (Wildman–Crippen LogP) is 10.5. The second-order valence-electron chi connectivity index (χ2n) is 19.0. The van der Waals surface area contributed by atoms with Gasteiger partial charge in [0.15, 0.2) is 23.2 Å². The molecule has 2 aromatic heterocycles. The first-order valence-electron chi connectivity index (χ1n) is 20.1. The van der Waals surface area contributed by atoms with Crippen molar-refractivity contribution in [2.24, 2.45) is 10.8 Å². The monoisotopic (exact) mass is 794 g/mol. The summed E-state index contributed by atoms with van der Waals surface area (Å²) < 4.78 is 44.8. The minimum absolute atomic E-state index is 0.0315. The van der Waals surface area contributed by atoms with E-state index in [-0.39, 0.29) is 29.3 Å². The van der Waals surface area contributed by atoms with Gasteiger partial charge in [-0.3, -0.25) is 19.4 Å². The number of alkyl halides is 3. The number of aromatic nitrogens is 4. The Labute approximate surface area is 334 Å². The molecule has 10 rings (SSSR count). The van der Waals surface area contributed by atoms with Gasteiger partial charge in [-0.1, -0.05) is 68.8 Å². The smallest absolute Gasteiger partial charge is 0.342 e. The molecule has 0 saturated heterocycles. The molecule has 3 N–H and O–H groups in total. The van der Waals surface area contributed by atoms with Gasteiger partial charge in [0.2, 0.25) is 0 Å². The van der Waals surface area contributed by atoms with Crippen molar-refractivity contribution in [2.45, 2.75) is 121 Å². The van der Waals surface area contributed by atoms with Crippen molar-refractivity contribution in [2.75, 3.05) is 10.6 Å². The first kappa shape index (κ1) is 36.7. The number of anilines is 2. The van der Waals surface area contributed by atoms with Crippen LogP contribution in [-0.4, -0.2) is 31.5 Å². The Morgan fingerprint density at radius 3 is 2.16 bits per heavy atom.